The number of rotatable bonds is 7. The summed E-state index contributed by atoms with van der Waals surface area (Å²) in [5.74, 6) is 0.630. The van der Waals surface area contributed by atoms with E-state index in [2.05, 4.69) is 24.4 Å². The molecule has 33 heavy (non-hydrogen) atoms. The predicted molar refractivity (Wildman–Crippen MR) is 123 cm³/mol. The van der Waals surface area contributed by atoms with Crippen molar-refractivity contribution in [3.63, 3.8) is 0 Å². The van der Waals surface area contributed by atoms with Crippen molar-refractivity contribution < 1.29 is 17.6 Å². The summed E-state index contributed by atoms with van der Waals surface area (Å²) in [6.45, 7) is 3.58. The average Bonchev–Trinajstić information content (AvgIpc) is 2.79. The molecule has 0 bridgehead atoms. The van der Waals surface area contributed by atoms with E-state index in [1.165, 1.54) is 13.2 Å². The van der Waals surface area contributed by atoms with Gasteiger partial charge in [-0.2, -0.15) is 8.42 Å². The molecule has 0 atom stereocenters. The number of nitrogens with zero attached hydrogens (tertiary/aromatic N) is 3. The van der Waals surface area contributed by atoms with E-state index < -0.39 is 15.8 Å². The summed E-state index contributed by atoms with van der Waals surface area (Å²) in [4.78, 5) is 25.0. The maximum atomic E-state index is 12.8. The van der Waals surface area contributed by atoms with Crippen molar-refractivity contribution in [2.75, 3.05) is 11.8 Å². The van der Waals surface area contributed by atoms with Gasteiger partial charge >= 0.3 is 11.6 Å². The molecule has 3 aromatic heterocycles. The number of hydrogen-bond donors (Lipinski definition) is 2. The molecule has 0 saturated carbocycles. The zero-order chi connectivity index (χ0) is 23.6. The van der Waals surface area contributed by atoms with E-state index in [1.54, 1.807) is 49.6 Å². The lowest BCUT2D eigenvalue weighted by Gasteiger charge is -2.13. The Morgan fingerprint density at radius 3 is 2.52 bits per heavy atom. The molecule has 4 aromatic rings. The third kappa shape index (κ3) is 4.83. The second-order valence-corrected chi connectivity index (χ2v) is 8.83. The van der Waals surface area contributed by atoms with E-state index in [0.717, 1.165) is 16.5 Å². The highest BCUT2D eigenvalue weighted by atomic mass is 32.2. The van der Waals surface area contributed by atoms with Gasteiger partial charge in [-0.25, -0.2) is 24.5 Å². The van der Waals surface area contributed by atoms with Gasteiger partial charge in [0, 0.05) is 49.1 Å². The molecule has 0 fully saturated rings. The molecule has 1 aromatic carbocycles. The van der Waals surface area contributed by atoms with Gasteiger partial charge < -0.3 is 9.15 Å². The first-order chi connectivity index (χ1) is 15.8. The molecule has 0 aliphatic heterocycles. The Hall–Kier alpha value is -3.83. The number of ether oxygens (including phenoxy) is 1. The first-order valence-corrected chi connectivity index (χ1v) is 11.4. The average molecular weight is 468 g/mol. The number of fused-ring (bicyclic) bond motifs is 1. The molecular weight excluding hydrogens is 446 g/mol. The molecule has 0 amide bonds. The lowest BCUT2D eigenvalue weighted by molar-refractivity contribution is 0.440. The minimum absolute atomic E-state index is 0.186. The molecule has 0 radical (unpaired) electrons. The van der Waals surface area contributed by atoms with Gasteiger partial charge in [0.25, 0.3) is 10.2 Å². The molecule has 0 aliphatic carbocycles. The maximum Gasteiger partial charge on any atom is 0.340 e. The van der Waals surface area contributed by atoms with Crippen LogP contribution in [-0.4, -0.2) is 30.4 Å². The van der Waals surface area contributed by atoms with Gasteiger partial charge in [-0.1, -0.05) is 0 Å². The zero-order valence-electron chi connectivity index (χ0n) is 18.1. The van der Waals surface area contributed by atoms with Crippen molar-refractivity contribution in [3.8, 4) is 11.8 Å². The first-order valence-electron chi connectivity index (χ1n) is 9.94. The third-order valence-corrected chi connectivity index (χ3v) is 6.19. The number of aromatic nitrogens is 3. The fourth-order valence-corrected chi connectivity index (χ4v) is 3.89. The Labute approximate surface area is 189 Å². The van der Waals surface area contributed by atoms with Gasteiger partial charge in [0.1, 0.15) is 17.2 Å². The summed E-state index contributed by atoms with van der Waals surface area (Å²) in [6.07, 6.45) is 4.87. The molecule has 10 nitrogen and oxygen atoms in total. The van der Waals surface area contributed by atoms with Crippen molar-refractivity contribution in [2.45, 2.75) is 20.3 Å². The summed E-state index contributed by atoms with van der Waals surface area (Å²) in [5.41, 5.74) is 2.48. The minimum atomic E-state index is -3.72. The number of hydrogen-bond acceptors (Lipinski definition) is 8. The Balaban J connectivity index is 1.68. The molecule has 0 aliphatic rings. The van der Waals surface area contributed by atoms with Crippen molar-refractivity contribution in [1.82, 2.24) is 19.7 Å². The summed E-state index contributed by atoms with van der Waals surface area (Å²) in [6, 6.07) is 8.78. The van der Waals surface area contributed by atoms with Crippen LogP contribution in [0.4, 0.5) is 5.82 Å². The van der Waals surface area contributed by atoms with E-state index in [9.17, 15) is 13.2 Å². The highest BCUT2D eigenvalue weighted by molar-refractivity contribution is 7.90. The van der Waals surface area contributed by atoms with Crippen molar-refractivity contribution in [3.05, 3.63) is 81.6 Å². The molecule has 2 N–H and O–H groups in total. The summed E-state index contributed by atoms with van der Waals surface area (Å²) >= 11 is 0. The van der Waals surface area contributed by atoms with Crippen LogP contribution < -0.4 is 19.8 Å². The van der Waals surface area contributed by atoms with Gasteiger partial charge in [0.15, 0.2) is 0 Å². The van der Waals surface area contributed by atoms with Crippen LogP contribution in [0.5, 0.6) is 11.8 Å². The third-order valence-electron chi connectivity index (χ3n) is 5.19. The van der Waals surface area contributed by atoms with Crippen LogP contribution >= 0.6 is 0 Å². The second kappa shape index (κ2) is 8.96. The molecule has 0 spiro atoms. The van der Waals surface area contributed by atoms with Gasteiger partial charge in [-0.3, -0.25) is 4.72 Å². The van der Waals surface area contributed by atoms with E-state index in [-0.39, 0.29) is 18.2 Å². The molecule has 4 rings (SSSR count). The standard InChI is InChI=1S/C22H21N5O5S/c1-13-15(7-10-24-20(13)27-33(29,30)23-3)11-18-14(2)17-6-5-16(12-19(17)32-21(18)28)31-22-25-8-4-9-26-22/h4-10,12,23H,11H2,1-3H3,(H,24,27). The Morgan fingerprint density at radius 2 is 1.79 bits per heavy atom. The molecule has 170 valence electrons. The Morgan fingerprint density at radius 1 is 1.03 bits per heavy atom. The molecule has 0 saturated heterocycles. The predicted octanol–water partition coefficient (Wildman–Crippen LogP) is 2.85. The summed E-state index contributed by atoms with van der Waals surface area (Å²) in [5, 5.41) is 0.758. The topological polar surface area (TPSA) is 136 Å². The van der Waals surface area contributed by atoms with Gasteiger partial charge in [-0.05, 0) is 54.8 Å². The normalized spacial score (nSPS) is 11.5. The largest absolute Gasteiger partial charge is 0.424 e. The fourth-order valence-electron chi connectivity index (χ4n) is 3.32. The number of nitrogens with one attached hydrogen (secondary N) is 2. The monoisotopic (exact) mass is 467 g/mol. The van der Waals surface area contributed by atoms with Crippen LogP contribution in [0.2, 0.25) is 0 Å². The summed E-state index contributed by atoms with van der Waals surface area (Å²) < 4.78 is 39.4. The highest BCUT2D eigenvalue weighted by Gasteiger charge is 2.17. The SMILES string of the molecule is CNS(=O)(=O)Nc1nccc(Cc2c(C)c3ccc(Oc4ncccn4)cc3oc2=O)c1C. The fraction of sp³-hybridized carbons (Fsp3) is 0.182. The molecule has 11 heteroatoms. The number of aryl methyl sites for hydroxylation is 1. The first kappa shape index (κ1) is 22.4. The lowest BCUT2D eigenvalue weighted by atomic mass is 9.97. The van der Waals surface area contributed by atoms with E-state index in [4.69, 9.17) is 9.15 Å². The van der Waals surface area contributed by atoms with Crippen LogP contribution in [0, 0.1) is 13.8 Å². The van der Waals surface area contributed by atoms with Gasteiger partial charge in [0.05, 0.1) is 0 Å². The van der Waals surface area contributed by atoms with E-state index in [0.29, 0.717) is 22.5 Å². The zero-order valence-corrected chi connectivity index (χ0v) is 18.9. The summed E-state index contributed by atoms with van der Waals surface area (Å²) in [7, 11) is -2.42. The molecular formula is C22H21N5O5S. The van der Waals surface area contributed by atoms with Crippen LogP contribution in [0.1, 0.15) is 22.3 Å². The van der Waals surface area contributed by atoms with Crippen LogP contribution in [0.25, 0.3) is 11.0 Å². The van der Waals surface area contributed by atoms with Crippen molar-refractivity contribution in [1.29, 1.82) is 0 Å². The Bertz CT molecular complexity index is 1490. The van der Waals surface area contributed by atoms with Crippen LogP contribution in [-0.2, 0) is 16.6 Å². The molecule has 0 unspecified atom stereocenters. The van der Waals surface area contributed by atoms with Crippen LogP contribution in [0.15, 0.2) is 58.1 Å². The quantitative estimate of drug-likeness (QED) is 0.396. The van der Waals surface area contributed by atoms with Crippen LogP contribution in [0.3, 0.4) is 0 Å². The smallest absolute Gasteiger partial charge is 0.340 e. The minimum Gasteiger partial charge on any atom is -0.424 e. The number of pyridine rings is 1. The lowest BCUT2D eigenvalue weighted by Crippen LogP contribution is -2.27. The maximum absolute atomic E-state index is 12.8. The van der Waals surface area contributed by atoms with Crippen molar-refractivity contribution >= 4 is 27.0 Å². The van der Waals surface area contributed by atoms with Gasteiger partial charge in [0.2, 0.25) is 0 Å². The van der Waals surface area contributed by atoms with E-state index >= 15 is 0 Å². The Kier molecular flexibility index (Phi) is 6.07. The van der Waals surface area contributed by atoms with Crippen molar-refractivity contribution in [2.24, 2.45) is 0 Å². The van der Waals surface area contributed by atoms with E-state index in [1.807, 2.05) is 6.92 Å². The molecule has 3 heterocycles. The highest BCUT2D eigenvalue weighted by Crippen LogP contribution is 2.28. The number of anilines is 1. The second-order valence-electron chi connectivity index (χ2n) is 7.21. The number of benzene rings is 1. The van der Waals surface area contributed by atoms with Gasteiger partial charge in [-0.15, -0.1) is 0 Å².